The van der Waals surface area contributed by atoms with Crippen LogP contribution in [0, 0.1) is 5.92 Å². The summed E-state index contributed by atoms with van der Waals surface area (Å²) in [6.45, 7) is 2.58. The van der Waals surface area contributed by atoms with E-state index in [2.05, 4.69) is 5.32 Å². The van der Waals surface area contributed by atoms with E-state index >= 15 is 0 Å². The van der Waals surface area contributed by atoms with E-state index in [4.69, 9.17) is 4.74 Å². The van der Waals surface area contributed by atoms with E-state index in [-0.39, 0.29) is 18.6 Å². The Labute approximate surface area is 99.9 Å². The fourth-order valence-electron chi connectivity index (χ4n) is 2.95. The van der Waals surface area contributed by atoms with Gasteiger partial charge in [0.15, 0.2) is 0 Å². The van der Waals surface area contributed by atoms with Crippen molar-refractivity contribution in [3.8, 4) is 0 Å². The van der Waals surface area contributed by atoms with Gasteiger partial charge in [-0.2, -0.15) is 13.2 Å². The van der Waals surface area contributed by atoms with Crippen molar-refractivity contribution in [3.05, 3.63) is 0 Å². The lowest BCUT2D eigenvalue weighted by Crippen LogP contribution is -2.50. The molecule has 0 aromatic carbocycles. The number of alkyl halides is 3. The van der Waals surface area contributed by atoms with Gasteiger partial charge in [0.25, 0.3) is 0 Å². The number of rotatable bonds is 2. The molecule has 5 heteroatoms. The van der Waals surface area contributed by atoms with Crippen molar-refractivity contribution in [2.45, 2.75) is 63.4 Å². The normalized spacial score (nSPS) is 39.5. The van der Waals surface area contributed by atoms with E-state index < -0.39 is 18.1 Å². The molecule has 1 N–H and O–H groups in total. The van der Waals surface area contributed by atoms with Crippen LogP contribution >= 0.6 is 0 Å². The molecule has 2 nitrogen and oxygen atoms in total. The van der Waals surface area contributed by atoms with Crippen LogP contribution in [0.1, 0.15) is 39.0 Å². The van der Waals surface area contributed by atoms with Gasteiger partial charge in [-0.25, -0.2) is 0 Å². The van der Waals surface area contributed by atoms with Gasteiger partial charge < -0.3 is 10.1 Å². The average molecular weight is 251 g/mol. The number of halogens is 3. The second-order valence-electron chi connectivity index (χ2n) is 5.18. The van der Waals surface area contributed by atoms with Gasteiger partial charge in [-0.3, -0.25) is 0 Å². The lowest BCUT2D eigenvalue weighted by molar-refractivity contribution is -0.189. The van der Waals surface area contributed by atoms with Gasteiger partial charge in [0.1, 0.15) is 0 Å². The molecule has 0 spiro atoms. The minimum Gasteiger partial charge on any atom is -0.377 e. The van der Waals surface area contributed by atoms with E-state index in [1.807, 2.05) is 6.92 Å². The summed E-state index contributed by atoms with van der Waals surface area (Å²) in [5.74, 6) is -1.18. The third-order valence-electron chi connectivity index (χ3n) is 3.99. The molecule has 1 aliphatic carbocycles. The van der Waals surface area contributed by atoms with Crippen molar-refractivity contribution < 1.29 is 17.9 Å². The minimum absolute atomic E-state index is 0.0332. The molecule has 0 amide bonds. The van der Waals surface area contributed by atoms with Crippen molar-refractivity contribution in [2.24, 2.45) is 5.92 Å². The maximum Gasteiger partial charge on any atom is 0.393 e. The third-order valence-corrected chi connectivity index (χ3v) is 3.99. The Hall–Kier alpha value is -0.290. The van der Waals surface area contributed by atoms with Crippen LogP contribution in [0.3, 0.4) is 0 Å². The SMILES string of the molecule is CC1OCCC1NC1CCCCC1C(F)(F)F. The first-order valence-electron chi connectivity index (χ1n) is 6.43. The molecular weight excluding hydrogens is 231 g/mol. The summed E-state index contributed by atoms with van der Waals surface area (Å²) in [5, 5.41) is 3.18. The van der Waals surface area contributed by atoms with Crippen molar-refractivity contribution in [3.63, 3.8) is 0 Å². The smallest absolute Gasteiger partial charge is 0.377 e. The average Bonchev–Trinajstić information content (AvgIpc) is 2.64. The van der Waals surface area contributed by atoms with E-state index in [0.717, 1.165) is 12.8 Å². The Bertz CT molecular complexity index is 257. The fourth-order valence-corrected chi connectivity index (χ4v) is 2.95. The summed E-state index contributed by atoms with van der Waals surface area (Å²) in [6, 6.07) is -0.333. The maximum absolute atomic E-state index is 12.9. The molecule has 0 radical (unpaired) electrons. The molecule has 100 valence electrons. The van der Waals surface area contributed by atoms with Gasteiger partial charge in [0, 0.05) is 18.7 Å². The molecule has 2 aliphatic rings. The highest BCUT2D eigenvalue weighted by atomic mass is 19.4. The first kappa shape index (κ1) is 13.1. The van der Waals surface area contributed by atoms with Gasteiger partial charge in [-0.05, 0) is 26.2 Å². The molecule has 4 atom stereocenters. The van der Waals surface area contributed by atoms with Gasteiger partial charge in [0.2, 0.25) is 0 Å². The van der Waals surface area contributed by atoms with Crippen molar-refractivity contribution in [1.29, 1.82) is 0 Å². The van der Waals surface area contributed by atoms with Crippen molar-refractivity contribution in [1.82, 2.24) is 5.32 Å². The zero-order valence-electron chi connectivity index (χ0n) is 10.1. The van der Waals surface area contributed by atoms with Crippen LogP contribution in [0.4, 0.5) is 13.2 Å². The molecule has 0 aromatic rings. The lowest BCUT2D eigenvalue weighted by atomic mass is 9.83. The lowest BCUT2D eigenvalue weighted by Gasteiger charge is -2.36. The summed E-state index contributed by atoms with van der Waals surface area (Å²) in [4.78, 5) is 0. The van der Waals surface area contributed by atoms with Crippen LogP contribution in [0.2, 0.25) is 0 Å². The van der Waals surface area contributed by atoms with Crippen LogP contribution in [0.15, 0.2) is 0 Å². The topological polar surface area (TPSA) is 21.3 Å². The highest BCUT2D eigenvalue weighted by Crippen LogP contribution is 2.38. The van der Waals surface area contributed by atoms with Crippen LogP contribution < -0.4 is 5.32 Å². The molecule has 0 aromatic heterocycles. The standard InChI is InChI=1S/C12H20F3NO/c1-8-10(6-7-17-8)16-11-5-3-2-4-9(11)12(13,14)15/h8-11,16H,2-7H2,1H3. The molecule has 1 heterocycles. The Morgan fingerprint density at radius 3 is 2.35 bits per heavy atom. The van der Waals surface area contributed by atoms with Crippen molar-refractivity contribution >= 4 is 0 Å². The van der Waals surface area contributed by atoms with Gasteiger partial charge in [-0.15, -0.1) is 0 Å². The molecular formula is C12H20F3NO. The van der Waals surface area contributed by atoms with Gasteiger partial charge >= 0.3 is 6.18 Å². The molecule has 1 aliphatic heterocycles. The predicted octanol–water partition coefficient (Wildman–Crippen LogP) is 2.87. The predicted molar refractivity (Wildman–Crippen MR) is 58.8 cm³/mol. The monoisotopic (exact) mass is 251 g/mol. The van der Waals surface area contributed by atoms with Crippen molar-refractivity contribution in [2.75, 3.05) is 6.61 Å². The zero-order chi connectivity index (χ0) is 12.5. The minimum atomic E-state index is -4.07. The van der Waals surface area contributed by atoms with Crippen LogP contribution in [0.25, 0.3) is 0 Å². The summed E-state index contributed by atoms with van der Waals surface area (Å²) in [5.41, 5.74) is 0. The van der Waals surface area contributed by atoms with Crippen LogP contribution in [0.5, 0.6) is 0 Å². The second-order valence-corrected chi connectivity index (χ2v) is 5.18. The largest absolute Gasteiger partial charge is 0.393 e. The number of hydrogen-bond donors (Lipinski definition) is 1. The molecule has 2 rings (SSSR count). The summed E-state index contributed by atoms with van der Waals surface area (Å²) >= 11 is 0. The molecule has 2 fully saturated rings. The summed E-state index contributed by atoms with van der Waals surface area (Å²) in [7, 11) is 0. The second kappa shape index (κ2) is 5.14. The highest BCUT2D eigenvalue weighted by molar-refractivity contribution is 4.90. The van der Waals surface area contributed by atoms with E-state index in [9.17, 15) is 13.2 Å². The van der Waals surface area contributed by atoms with E-state index in [1.165, 1.54) is 0 Å². The summed E-state index contributed by atoms with van der Waals surface area (Å²) in [6.07, 6.45) is -0.726. The van der Waals surface area contributed by atoms with Gasteiger partial charge in [0.05, 0.1) is 12.0 Å². The van der Waals surface area contributed by atoms with Crippen LogP contribution in [-0.2, 0) is 4.74 Å². The molecule has 1 saturated carbocycles. The summed E-state index contributed by atoms with van der Waals surface area (Å²) < 4.78 is 44.1. The molecule has 17 heavy (non-hydrogen) atoms. The van der Waals surface area contributed by atoms with Crippen LogP contribution in [-0.4, -0.2) is 31.0 Å². The first-order valence-corrected chi connectivity index (χ1v) is 6.43. The fraction of sp³-hybridized carbons (Fsp3) is 1.00. The van der Waals surface area contributed by atoms with E-state index in [0.29, 0.717) is 19.4 Å². The Balaban J connectivity index is 1.96. The first-order chi connectivity index (χ1) is 7.98. The third kappa shape index (κ3) is 3.13. The van der Waals surface area contributed by atoms with E-state index in [1.54, 1.807) is 0 Å². The zero-order valence-corrected chi connectivity index (χ0v) is 10.1. The highest BCUT2D eigenvalue weighted by Gasteiger charge is 2.46. The Morgan fingerprint density at radius 1 is 1.06 bits per heavy atom. The Morgan fingerprint density at radius 2 is 1.76 bits per heavy atom. The molecule has 0 bridgehead atoms. The number of hydrogen-bond acceptors (Lipinski definition) is 2. The molecule has 1 saturated heterocycles. The quantitative estimate of drug-likeness (QED) is 0.814. The van der Waals surface area contributed by atoms with Gasteiger partial charge in [-0.1, -0.05) is 12.8 Å². The Kier molecular flexibility index (Phi) is 3.98. The maximum atomic E-state index is 12.9. The number of nitrogens with one attached hydrogen (secondary N) is 1. The number of ether oxygens (including phenoxy) is 1. The molecule has 4 unspecified atom stereocenters.